The van der Waals surface area contributed by atoms with Crippen molar-refractivity contribution in [1.82, 2.24) is 4.90 Å². The first-order valence-electron chi connectivity index (χ1n) is 4.38. The van der Waals surface area contributed by atoms with Crippen molar-refractivity contribution in [3.63, 3.8) is 0 Å². The topological polar surface area (TPSA) is 20.3 Å². The Labute approximate surface area is 95.6 Å². The summed E-state index contributed by atoms with van der Waals surface area (Å²) in [7, 11) is 0. The van der Waals surface area contributed by atoms with Crippen LogP contribution in [0.15, 0.2) is 9.47 Å². The van der Waals surface area contributed by atoms with Gasteiger partial charge in [0.1, 0.15) is 0 Å². The molecule has 0 aromatic carbocycles. The van der Waals surface area contributed by atoms with Crippen molar-refractivity contribution in [3.8, 4) is 0 Å². The van der Waals surface area contributed by atoms with Gasteiger partial charge in [-0.15, -0.1) is 0 Å². The minimum Gasteiger partial charge on any atom is -0.343 e. The summed E-state index contributed by atoms with van der Waals surface area (Å²) in [6.07, 6.45) is 4.30. The van der Waals surface area contributed by atoms with E-state index in [-0.39, 0.29) is 5.91 Å². The Hall–Kier alpha value is 0.170. The molecule has 0 aromatic rings. The molecule has 0 atom stereocenters. The maximum atomic E-state index is 11.0. The van der Waals surface area contributed by atoms with Crippen LogP contribution in [0.1, 0.15) is 19.8 Å². The molecule has 0 bridgehead atoms. The third-order valence-electron chi connectivity index (χ3n) is 2.35. The lowest BCUT2D eigenvalue weighted by molar-refractivity contribution is -0.129. The molecule has 0 N–H and O–H groups in total. The van der Waals surface area contributed by atoms with Crippen LogP contribution in [0.25, 0.3) is 0 Å². The predicted molar refractivity (Wildman–Crippen MR) is 60.9 cm³/mol. The number of allylic oxidation sites excluding steroid dienone is 1. The van der Waals surface area contributed by atoms with Gasteiger partial charge in [0.2, 0.25) is 5.91 Å². The number of hydrogen-bond acceptors (Lipinski definition) is 1. The fourth-order valence-electron chi connectivity index (χ4n) is 1.56. The summed E-state index contributed by atoms with van der Waals surface area (Å²) in [6, 6.07) is 0. The Balaban J connectivity index is 2.39. The van der Waals surface area contributed by atoms with Crippen LogP contribution < -0.4 is 0 Å². The van der Waals surface area contributed by atoms with Gasteiger partial charge in [-0.25, -0.2) is 0 Å². The fourth-order valence-corrected chi connectivity index (χ4v) is 2.31. The summed E-state index contributed by atoms with van der Waals surface area (Å²) < 4.78 is 1.02. The number of carbonyl (C=O) groups excluding carboxylic acids is 1. The van der Waals surface area contributed by atoms with Gasteiger partial charge >= 0.3 is 0 Å². The van der Waals surface area contributed by atoms with Gasteiger partial charge in [-0.05, 0) is 50.6 Å². The molecule has 1 saturated heterocycles. The third-order valence-corrected chi connectivity index (χ3v) is 2.88. The largest absolute Gasteiger partial charge is 0.343 e. The molecule has 1 aliphatic rings. The quantitative estimate of drug-likeness (QED) is 0.729. The Morgan fingerprint density at radius 3 is 2.31 bits per heavy atom. The maximum Gasteiger partial charge on any atom is 0.219 e. The summed E-state index contributed by atoms with van der Waals surface area (Å²) in [5, 5.41) is 0. The van der Waals surface area contributed by atoms with Gasteiger partial charge in [-0.3, -0.25) is 4.79 Å². The molecule has 1 heterocycles. The molecule has 13 heavy (non-hydrogen) atoms. The summed E-state index contributed by atoms with van der Waals surface area (Å²) in [5.41, 5.74) is 0. The Bertz CT molecular complexity index is 216. The summed E-state index contributed by atoms with van der Waals surface area (Å²) in [6.45, 7) is 3.42. The van der Waals surface area contributed by atoms with Gasteiger partial charge in [0.25, 0.3) is 0 Å². The molecule has 1 amide bonds. The number of piperidine rings is 1. The number of rotatable bonds is 1. The number of carbonyl (C=O) groups is 1. The first-order valence-corrected chi connectivity index (χ1v) is 5.96. The van der Waals surface area contributed by atoms with Crippen molar-refractivity contribution in [2.45, 2.75) is 19.8 Å². The van der Waals surface area contributed by atoms with Gasteiger partial charge < -0.3 is 4.90 Å². The van der Waals surface area contributed by atoms with Crippen LogP contribution in [0.5, 0.6) is 0 Å². The van der Waals surface area contributed by atoms with E-state index in [1.54, 1.807) is 6.92 Å². The fraction of sp³-hybridized carbons (Fsp3) is 0.667. The number of likely N-dealkylation sites (tertiary alicyclic amines) is 1. The number of hydrogen-bond donors (Lipinski definition) is 0. The highest BCUT2D eigenvalue weighted by atomic mass is 79.9. The van der Waals surface area contributed by atoms with Gasteiger partial charge in [-0.2, -0.15) is 0 Å². The smallest absolute Gasteiger partial charge is 0.219 e. The van der Waals surface area contributed by atoms with Crippen molar-refractivity contribution < 1.29 is 4.79 Å². The lowest BCUT2D eigenvalue weighted by atomic mass is 9.97. The minimum atomic E-state index is 0.195. The van der Waals surface area contributed by atoms with E-state index >= 15 is 0 Å². The van der Waals surface area contributed by atoms with E-state index in [1.807, 2.05) is 4.90 Å². The van der Waals surface area contributed by atoms with E-state index in [9.17, 15) is 4.79 Å². The van der Waals surface area contributed by atoms with Gasteiger partial charge in [0, 0.05) is 20.0 Å². The standard InChI is InChI=1S/C9H13Br2NO/c1-7(13)12-4-2-8(3-5-12)6-9(10)11/h6,8H,2-5H2,1H3. The molecular formula is C9H13Br2NO. The van der Waals surface area contributed by atoms with Crippen LogP contribution in [0.4, 0.5) is 0 Å². The highest BCUT2D eigenvalue weighted by molar-refractivity contribution is 9.28. The first-order chi connectivity index (χ1) is 6.09. The van der Waals surface area contributed by atoms with Crippen molar-refractivity contribution in [3.05, 3.63) is 9.47 Å². The average Bonchev–Trinajstić information content (AvgIpc) is 2.04. The molecule has 0 aliphatic carbocycles. The molecular weight excluding hydrogens is 298 g/mol. The predicted octanol–water partition coefficient (Wildman–Crippen LogP) is 2.88. The van der Waals surface area contributed by atoms with E-state index < -0.39 is 0 Å². The number of halogens is 2. The molecule has 74 valence electrons. The lowest BCUT2D eigenvalue weighted by Crippen LogP contribution is -2.36. The zero-order chi connectivity index (χ0) is 9.84. The number of nitrogens with zero attached hydrogens (tertiary/aromatic N) is 1. The molecule has 4 heteroatoms. The van der Waals surface area contributed by atoms with Crippen molar-refractivity contribution >= 4 is 37.8 Å². The zero-order valence-corrected chi connectivity index (χ0v) is 10.8. The molecule has 0 spiro atoms. The lowest BCUT2D eigenvalue weighted by Gasteiger charge is -2.29. The summed E-state index contributed by atoms with van der Waals surface area (Å²) in [5.74, 6) is 0.796. The van der Waals surface area contributed by atoms with Gasteiger partial charge in [-0.1, -0.05) is 6.08 Å². The molecule has 0 radical (unpaired) electrons. The van der Waals surface area contributed by atoms with Crippen molar-refractivity contribution in [2.75, 3.05) is 13.1 Å². The molecule has 0 saturated carbocycles. The van der Waals surface area contributed by atoms with Crippen LogP contribution in [0, 0.1) is 5.92 Å². The van der Waals surface area contributed by atoms with Crippen LogP contribution in [-0.2, 0) is 4.79 Å². The van der Waals surface area contributed by atoms with Crippen LogP contribution in [-0.4, -0.2) is 23.9 Å². The normalized spacial score (nSPS) is 18.5. The van der Waals surface area contributed by atoms with Gasteiger partial charge in [0.05, 0.1) is 3.39 Å². The van der Waals surface area contributed by atoms with E-state index in [2.05, 4.69) is 37.9 Å². The van der Waals surface area contributed by atoms with E-state index in [0.717, 1.165) is 29.3 Å². The molecule has 2 nitrogen and oxygen atoms in total. The SMILES string of the molecule is CC(=O)N1CCC(C=C(Br)Br)CC1. The van der Waals surface area contributed by atoms with Crippen LogP contribution in [0.2, 0.25) is 0 Å². The highest BCUT2D eigenvalue weighted by Gasteiger charge is 2.18. The van der Waals surface area contributed by atoms with Crippen molar-refractivity contribution in [2.24, 2.45) is 5.92 Å². The third kappa shape index (κ3) is 3.81. The molecule has 0 aromatic heterocycles. The maximum absolute atomic E-state index is 11.0. The van der Waals surface area contributed by atoms with Gasteiger partial charge in [0.15, 0.2) is 0 Å². The second kappa shape index (κ2) is 5.15. The van der Waals surface area contributed by atoms with Crippen LogP contribution in [0.3, 0.4) is 0 Å². The Kier molecular flexibility index (Phi) is 4.46. The van der Waals surface area contributed by atoms with Crippen LogP contribution >= 0.6 is 31.9 Å². The number of amides is 1. The second-order valence-electron chi connectivity index (χ2n) is 3.30. The molecule has 0 unspecified atom stereocenters. The highest BCUT2D eigenvalue weighted by Crippen LogP contribution is 2.24. The minimum absolute atomic E-state index is 0.195. The summed E-state index contributed by atoms with van der Waals surface area (Å²) in [4.78, 5) is 12.9. The Morgan fingerprint density at radius 1 is 1.38 bits per heavy atom. The monoisotopic (exact) mass is 309 g/mol. The first kappa shape index (κ1) is 11.2. The second-order valence-corrected chi connectivity index (χ2v) is 6.07. The average molecular weight is 311 g/mol. The molecule has 1 rings (SSSR count). The zero-order valence-electron chi connectivity index (χ0n) is 7.59. The summed E-state index contributed by atoms with van der Waals surface area (Å²) >= 11 is 6.70. The Morgan fingerprint density at radius 2 is 1.92 bits per heavy atom. The van der Waals surface area contributed by atoms with E-state index in [1.165, 1.54) is 0 Å². The molecule has 1 fully saturated rings. The van der Waals surface area contributed by atoms with E-state index in [4.69, 9.17) is 0 Å². The molecule has 1 aliphatic heterocycles. The van der Waals surface area contributed by atoms with E-state index in [0.29, 0.717) is 5.92 Å². The van der Waals surface area contributed by atoms with Crippen molar-refractivity contribution in [1.29, 1.82) is 0 Å².